The summed E-state index contributed by atoms with van der Waals surface area (Å²) in [5.41, 5.74) is 1.48. The number of hydrogen-bond donors (Lipinski definition) is 2. The van der Waals surface area contributed by atoms with Crippen molar-refractivity contribution in [1.29, 1.82) is 0 Å². The van der Waals surface area contributed by atoms with E-state index < -0.39 is 11.9 Å². The Labute approximate surface area is 156 Å². The molecule has 0 aliphatic rings. The standard InChI is InChI=1S/C19H19ClN2O4/c20-16-8-6-14(7-9-16)10-11-21-17(23)13-26-18(24)12-22-19(25)15-4-2-1-3-5-15/h1-9H,10-13H2,(H,21,23)(H,22,25). The Kier molecular flexibility index (Phi) is 7.64. The van der Waals surface area contributed by atoms with Crippen molar-refractivity contribution >= 4 is 29.4 Å². The molecule has 7 heteroatoms. The van der Waals surface area contributed by atoms with E-state index in [2.05, 4.69) is 10.6 Å². The van der Waals surface area contributed by atoms with Crippen molar-refractivity contribution in [3.8, 4) is 0 Å². The molecule has 0 aliphatic carbocycles. The molecule has 6 nitrogen and oxygen atoms in total. The summed E-state index contributed by atoms with van der Waals surface area (Å²) in [6, 6.07) is 15.8. The van der Waals surface area contributed by atoms with Gasteiger partial charge in [0.05, 0.1) is 0 Å². The van der Waals surface area contributed by atoms with Gasteiger partial charge < -0.3 is 15.4 Å². The number of ether oxygens (including phenoxy) is 1. The van der Waals surface area contributed by atoms with Crippen LogP contribution in [0.4, 0.5) is 0 Å². The van der Waals surface area contributed by atoms with E-state index in [1.165, 1.54) is 0 Å². The van der Waals surface area contributed by atoms with Gasteiger partial charge in [-0.25, -0.2) is 0 Å². The second kappa shape index (κ2) is 10.2. The quantitative estimate of drug-likeness (QED) is 0.692. The molecule has 0 saturated carbocycles. The fourth-order valence-corrected chi connectivity index (χ4v) is 2.22. The Morgan fingerprint density at radius 3 is 2.31 bits per heavy atom. The van der Waals surface area contributed by atoms with Crippen LogP contribution in [0.3, 0.4) is 0 Å². The zero-order valence-corrected chi connectivity index (χ0v) is 14.8. The van der Waals surface area contributed by atoms with Gasteiger partial charge in [-0.1, -0.05) is 41.9 Å². The molecule has 0 bridgehead atoms. The van der Waals surface area contributed by atoms with Crippen LogP contribution in [-0.2, 0) is 20.7 Å². The van der Waals surface area contributed by atoms with Crippen molar-refractivity contribution < 1.29 is 19.1 Å². The third-order valence-electron chi connectivity index (χ3n) is 3.44. The van der Waals surface area contributed by atoms with Crippen LogP contribution in [0.1, 0.15) is 15.9 Å². The summed E-state index contributed by atoms with van der Waals surface area (Å²) in [6.45, 7) is -0.269. The highest BCUT2D eigenvalue weighted by Crippen LogP contribution is 2.09. The number of carbonyl (C=O) groups is 3. The number of carbonyl (C=O) groups excluding carboxylic acids is 3. The molecule has 0 radical (unpaired) electrons. The highest BCUT2D eigenvalue weighted by molar-refractivity contribution is 6.30. The Morgan fingerprint density at radius 2 is 1.62 bits per heavy atom. The molecule has 0 fully saturated rings. The number of hydrogen-bond acceptors (Lipinski definition) is 4. The molecule has 0 spiro atoms. The van der Waals surface area contributed by atoms with Crippen LogP contribution in [0.2, 0.25) is 5.02 Å². The van der Waals surface area contributed by atoms with Crippen LogP contribution in [0.25, 0.3) is 0 Å². The SMILES string of the molecule is O=C(COC(=O)CNC(=O)c1ccccc1)NCCc1ccc(Cl)cc1. The fraction of sp³-hybridized carbons (Fsp3) is 0.211. The normalized spacial score (nSPS) is 10.0. The molecule has 2 N–H and O–H groups in total. The van der Waals surface area contributed by atoms with Gasteiger partial charge >= 0.3 is 5.97 Å². The van der Waals surface area contributed by atoms with E-state index in [-0.39, 0.29) is 19.1 Å². The summed E-state index contributed by atoms with van der Waals surface area (Å²) in [5, 5.41) is 5.75. The molecule has 2 aromatic carbocycles. The molecule has 2 aromatic rings. The average Bonchev–Trinajstić information content (AvgIpc) is 2.66. The van der Waals surface area contributed by atoms with Crippen LogP contribution < -0.4 is 10.6 Å². The molecule has 136 valence electrons. The van der Waals surface area contributed by atoms with Crippen LogP contribution in [0.15, 0.2) is 54.6 Å². The Balaban J connectivity index is 1.60. The minimum absolute atomic E-state index is 0.300. The van der Waals surface area contributed by atoms with Gasteiger partial charge in [-0.05, 0) is 36.2 Å². The topological polar surface area (TPSA) is 84.5 Å². The van der Waals surface area contributed by atoms with Crippen molar-refractivity contribution in [3.63, 3.8) is 0 Å². The van der Waals surface area contributed by atoms with Gasteiger partial charge in [0, 0.05) is 17.1 Å². The molecule has 0 aromatic heterocycles. The maximum atomic E-state index is 11.8. The molecule has 0 atom stereocenters. The summed E-state index contributed by atoms with van der Waals surface area (Å²) in [4.78, 5) is 35.0. The lowest BCUT2D eigenvalue weighted by molar-refractivity contribution is -0.147. The first-order valence-electron chi connectivity index (χ1n) is 8.04. The molecule has 0 heterocycles. The number of halogens is 1. The number of benzene rings is 2. The van der Waals surface area contributed by atoms with E-state index in [1.807, 2.05) is 12.1 Å². The van der Waals surface area contributed by atoms with Gasteiger partial charge in [0.1, 0.15) is 6.54 Å². The summed E-state index contributed by atoms with van der Waals surface area (Å²) in [6.07, 6.45) is 0.643. The average molecular weight is 375 g/mol. The highest BCUT2D eigenvalue weighted by atomic mass is 35.5. The van der Waals surface area contributed by atoms with Crippen molar-refractivity contribution in [3.05, 3.63) is 70.7 Å². The maximum absolute atomic E-state index is 11.8. The van der Waals surface area contributed by atoms with Crippen LogP contribution in [-0.4, -0.2) is 37.5 Å². The van der Waals surface area contributed by atoms with Crippen molar-refractivity contribution in [2.45, 2.75) is 6.42 Å². The summed E-state index contributed by atoms with van der Waals surface area (Å²) in [5.74, 6) is -1.46. The zero-order chi connectivity index (χ0) is 18.8. The van der Waals surface area contributed by atoms with E-state index in [9.17, 15) is 14.4 Å². The minimum atomic E-state index is -0.679. The predicted molar refractivity (Wildman–Crippen MR) is 97.9 cm³/mol. The van der Waals surface area contributed by atoms with Crippen molar-refractivity contribution in [2.24, 2.45) is 0 Å². The van der Waals surface area contributed by atoms with E-state index >= 15 is 0 Å². The first-order valence-corrected chi connectivity index (χ1v) is 8.42. The number of rotatable bonds is 8. The van der Waals surface area contributed by atoms with Gasteiger partial charge in [-0.15, -0.1) is 0 Å². The number of amides is 2. The summed E-state index contributed by atoms with van der Waals surface area (Å²) < 4.78 is 4.83. The van der Waals surface area contributed by atoms with E-state index in [0.717, 1.165) is 5.56 Å². The molecule has 2 rings (SSSR count). The molecular formula is C19H19ClN2O4. The van der Waals surface area contributed by atoms with Crippen molar-refractivity contribution in [2.75, 3.05) is 19.7 Å². The first-order chi connectivity index (χ1) is 12.5. The lowest BCUT2D eigenvalue weighted by atomic mass is 10.1. The molecular weight excluding hydrogens is 356 g/mol. The van der Waals surface area contributed by atoms with Gasteiger partial charge in [0.25, 0.3) is 11.8 Å². The Morgan fingerprint density at radius 1 is 0.923 bits per heavy atom. The largest absolute Gasteiger partial charge is 0.454 e. The van der Waals surface area contributed by atoms with E-state index in [1.54, 1.807) is 42.5 Å². The van der Waals surface area contributed by atoms with Crippen LogP contribution >= 0.6 is 11.6 Å². The summed E-state index contributed by atoms with van der Waals surface area (Å²) >= 11 is 5.80. The first kappa shape index (κ1) is 19.5. The van der Waals surface area contributed by atoms with E-state index in [4.69, 9.17) is 16.3 Å². The second-order valence-corrected chi connectivity index (χ2v) is 5.87. The minimum Gasteiger partial charge on any atom is -0.454 e. The molecule has 0 unspecified atom stereocenters. The zero-order valence-electron chi connectivity index (χ0n) is 14.0. The fourth-order valence-electron chi connectivity index (χ4n) is 2.09. The van der Waals surface area contributed by atoms with Gasteiger partial charge in [-0.2, -0.15) is 0 Å². The molecule has 26 heavy (non-hydrogen) atoms. The Hall–Kier alpha value is -2.86. The smallest absolute Gasteiger partial charge is 0.325 e. The third kappa shape index (κ3) is 6.94. The highest BCUT2D eigenvalue weighted by Gasteiger charge is 2.10. The van der Waals surface area contributed by atoms with Gasteiger partial charge in [0.15, 0.2) is 6.61 Å². The second-order valence-electron chi connectivity index (χ2n) is 5.44. The number of nitrogens with one attached hydrogen (secondary N) is 2. The number of esters is 1. The van der Waals surface area contributed by atoms with Gasteiger partial charge in [-0.3, -0.25) is 14.4 Å². The van der Waals surface area contributed by atoms with Crippen LogP contribution in [0, 0.1) is 0 Å². The molecule has 0 saturated heterocycles. The van der Waals surface area contributed by atoms with Crippen molar-refractivity contribution in [1.82, 2.24) is 10.6 Å². The Bertz CT molecular complexity index is 748. The summed E-state index contributed by atoms with van der Waals surface area (Å²) in [7, 11) is 0. The van der Waals surface area contributed by atoms with E-state index in [0.29, 0.717) is 23.6 Å². The lowest BCUT2D eigenvalue weighted by Crippen LogP contribution is -2.34. The van der Waals surface area contributed by atoms with Crippen LogP contribution in [0.5, 0.6) is 0 Å². The lowest BCUT2D eigenvalue weighted by Gasteiger charge is -2.08. The van der Waals surface area contributed by atoms with Gasteiger partial charge in [0.2, 0.25) is 0 Å². The third-order valence-corrected chi connectivity index (χ3v) is 3.69. The molecule has 0 aliphatic heterocycles. The maximum Gasteiger partial charge on any atom is 0.325 e. The predicted octanol–water partition coefficient (Wildman–Crippen LogP) is 1.97. The monoisotopic (exact) mass is 374 g/mol. The molecule has 2 amide bonds.